The molecule has 0 spiro atoms. The van der Waals surface area contributed by atoms with Gasteiger partial charge < -0.3 is 15.3 Å². The van der Waals surface area contributed by atoms with Crippen LogP contribution in [0, 0.1) is 0 Å². The quantitative estimate of drug-likeness (QED) is 0.857. The zero-order valence-electron chi connectivity index (χ0n) is 14.4. The van der Waals surface area contributed by atoms with Gasteiger partial charge in [-0.05, 0) is 38.5 Å². The molecule has 1 atom stereocenters. The van der Waals surface area contributed by atoms with Crippen LogP contribution in [0.5, 0.6) is 0 Å². The molecule has 2 amide bonds. The zero-order valence-corrected chi connectivity index (χ0v) is 14.4. The summed E-state index contributed by atoms with van der Waals surface area (Å²) in [5.74, 6) is 0. The molecule has 1 aromatic heterocycles. The number of urea groups is 1. The summed E-state index contributed by atoms with van der Waals surface area (Å²) in [5.41, 5.74) is 0.792. The van der Waals surface area contributed by atoms with Gasteiger partial charge >= 0.3 is 6.03 Å². The Hall–Kier alpha value is -2.40. The van der Waals surface area contributed by atoms with Gasteiger partial charge in [-0.3, -0.25) is 4.98 Å². The minimum Gasteiger partial charge on any atom is -0.389 e. The summed E-state index contributed by atoms with van der Waals surface area (Å²) in [6.07, 6.45) is 1.71. The number of hydrogen-bond donors (Lipinski definition) is 2. The summed E-state index contributed by atoms with van der Waals surface area (Å²) in [5, 5.41) is 13.0. The van der Waals surface area contributed by atoms with E-state index in [9.17, 15) is 9.90 Å². The van der Waals surface area contributed by atoms with Crippen molar-refractivity contribution in [1.82, 2.24) is 15.2 Å². The highest BCUT2D eigenvalue weighted by atomic mass is 16.3. The lowest BCUT2D eigenvalue weighted by Crippen LogP contribution is -2.47. The average molecular weight is 327 g/mol. The highest BCUT2D eigenvalue weighted by Gasteiger charge is 2.24. The van der Waals surface area contributed by atoms with Crippen LogP contribution in [0.3, 0.4) is 0 Å². The fourth-order valence-corrected chi connectivity index (χ4v) is 2.53. The summed E-state index contributed by atoms with van der Waals surface area (Å²) >= 11 is 0. The summed E-state index contributed by atoms with van der Waals surface area (Å²) in [6.45, 7) is 6.05. The van der Waals surface area contributed by atoms with Crippen LogP contribution in [-0.2, 0) is 0 Å². The first-order chi connectivity index (χ1) is 11.4. The van der Waals surface area contributed by atoms with Crippen LogP contribution in [0.15, 0.2) is 54.7 Å². The smallest absolute Gasteiger partial charge is 0.318 e. The molecule has 2 rings (SSSR count). The molecule has 0 saturated carbocycles. The second-order valence-electron chi connectivity index (χ2n) is 6.37. The molecule has 5 heteroatoms. The number of hydrogen-bond acceptors (Lipinski definition) is 3. The van der Waals surface area contributed by atoms with E-state index >= 15 is 0 Å². The van der Waals surface area contributed by atoms with E-state index in [0.717, 1.165) is 11.3 Å². The van der Waals surface area contributed by atoms with Crippen molar-refractivity contribution in [2.24, 2.45) is 0 Å². The van der Waals surface area contributed by atoms with Gasteiger partial charge in [-0.25, -0.2) is 4.79 Å². The van der Waals surface area contributed by atoms with E-state index in [1.165, 1.54) is 0 Å². The van der Waals surface area contributed by atoms with Crippen molar-refractivity contribution in [2.75, 3.05) is 13.1 Å². The average Bonchev–Trinajstić information content (AvgIpc) is 2.58. The number of pyridine rings is 1. The Bertz CT molecular complexity index is 599. The van der Waals surface area contributed by atoms with Gasteiger partial charge in [-0.1, -0.05) is 36.4 Å². The van der Waals surface area contributed by atoms with Gasteiger partial charge in [0.25, 0.3) is 0 Å². The Balaban J connectivity index is 2.24. The molecule has 0 fully saturated rings. The number of nitrogens with zero attached hydrogens (tertiary/aromatic N) is 2. The molecule has 1 unspecified atom stereocenters. The highest BCUT2D eigenvalue weighted by molar-refractivity contribution is 5.75. The molecule has 0 saturated heterocycles. The van der Waals surface area contributed by atoms with E-state index < -0.39 is 5.60 Å². The number of nitrogens with one attached hydrogen (secondary N) is 1. The number of likely N-dealkylation sites (N-methyl/N-ethyl adjacent to an activating group) is 1. The van der Waals surface area contributed by atoms with Gasteiger partial charge in [-0.15, -0.1) is 0 Å². The number of benzene rings is 1. The summed E-state index contributed by atoms with van der Waals surface area (Å²) in [7, 11) is 0. The zero-order chi connectivity index (χ0) is 17.6. The normalized spacial score (nSPS) is 12.5. The lowest BCUT2D eigenvalue weighted by Gasteiger charge is -2.30. The van der Waals surface area contributed by atoms with E-state index in [4.69, 9.17) is 0 Å². The van der Waals surface area contributed by atoms with E-state index in [1.54, 1.807) is 24.9 Å². The molecule has 1 heterocycles. The maximum atomic E-state index is 12.7. The minimum absolute atomic E-state index is 0.223. The van der Waals surface area contributed by atoms with Crippen LogP contribution >= 0.6 is 0 Å². The summed E-state index contributed by atoms with van der Waals surface area (Å²) in [6, 6.07) is 14.8. The molecular formula is C19H25N3O2. The van der Waals surface area contributed by atoms with Gasteiger partial charge in [0.15, 0.2) is 0 Å². The number of rotatable bonds is 6. The molecule has 2 N–H and O–H groups in total. The third-order valence-electron chi connectivity index (χ3n) is 3.63. The van der Waals surface area contributed by atoms with Gasteiger partial charge in [0, 0.05) is 12.7 Å². The fourth-order valence-electron chi connectivity index (χ4n) is 2.53. The van der Waals surface area contributed by atoms with Crippen molar-refractivity contribution < 1.29 is 9.90 Å². The van der Waals surface area contributed by atoms with E-state index in [1.807, 2.05) is 55.5 Å². The molecule has 0 aliphatic carbocycles. The van der Waals surface area contributed by atoms with Crippen molar-refractivity contribution >= 4 is 6.03 Å². The Labute approximate surface area is 143 Å². The van der Waals surface area contributed by atoms with Crippen LogP contribution in [0.2, 0.25) is 0 Å². The van der Waals surface area contributed by atoms with Crippen molar-refractivity contribution in [3.8, 4) is 0 Å². The molecule has 0 aliphatic rings. The van der Waals surface area contributed by atoms with Crippen molar-refractivity contribution in [3.63, 3.8) is 0 Å². The largest absolute Gasteiger partial charge is 0.389 e. The minimum atomic E-state index is -0.944. The van der Waals surface area contributed by atoms with Gasteiger partial charge in [0.05, 0.1) is 23.9 Å². The van der Waals surface area contributed by atoms with Crippen LogP contribution in [0.1, 0.15) is 38.1 Å². The van der Waals surface area contributed by atoms with Gasteiger partial charge in [-0.2, -0.15) is 0 Å². The van der Waals surface area contributed by atoms with Crippen LogP contribution in [0.4, 0.5) is 4.79 Å². The molecule has 0 bridgehead atoms. The second-order valence-corrected chi connectivity index (χ2v) is 6.37. The van der Waals surface area contributed by atoms with Crippen molar-refractivity contribution in [2.45, 2.75) is 32.4 Å². The van der Waals surface area contributed by atoms with Crippen molar-refractivity contribution in [3.05, 3.63) is 66.0 Å². The number of amides is 2. The molecule has 128 valence electrons. The third kappa shape index (κ3) is 5.06. The number of aliphatic hydroxyl groups is 1. The molecule has 2 aromatic rings. The topological polar surface area (TPSA) is 65.5 Å². The lowest BCUT2D eigenvalue weighted by molar-refractivity contribution is 0.0477. The molecule has 0 radical (unpaired) electrons. The van der Waals surface area contributed by atoms with Crippen molar-refractivity contribution in [1.29, 1.82) is 0 Å². The highest BCUT2D eigenvalue weighted by Crippen LogP contribution is 2.20. The van der Waals surface area contributed by atoms with Crippen LogP contribution < -0.4 is 5.32 Å². The summed E-state index contributed by atoms with van der Waals surface area (Å²) < 4.78 is 0. The third-order valence-corrected chi connectivity index (χ3v) is 3.63. The predicted molar refractivity (Wildman–Crippen MR) is 94.6 cm³/mol. The standard InChI is InChI=1S/C19H25N3O2/c1-4-22(14-19(2,3)24)18(23)21-17(15-10-6-5-7-11-15)16-12-8-9-13-20-16/h5-13,17,24H,4,14H2,1-3H3,(H,21,23). The number of carbonyl (C=O) groups excluding carboxylic acids is 1. The first-order valence-corrected chi connectivity index (χ1v) is 8.14. The Kier molecular flexibility index (Phi) is 5.93. The molecule has 0 aliphatic heterocycles. The first kappa shape index (κ1) is 17.9. The van der Waals surface area contributed by atoms with E-state index in [2.05, 4.69) is 10.3 Å². The van der Waals surface area contributed by atoms with Crippen LogP contribution in [-0.4, -0.2) is 39.7 Å². The molecular weight excluding hydrogens is 302 g/mol. The lowest BCUT2D eigenvalue weighted by atomic mass is 10.0. The molecule has 5 nitrogen and oxygen atoms in total. The van der Waals surface area contributed by atoms with Crippen LogP contribution in [0.25, 0.3) is 0 Å². The Morgan fingerprint density at radius 1 is 1.21 bits per heavy atom. The van der Waals surface area contributed by atoms with Gasteiger partial charge in [0.2, 0.25) is 0 Å². The summed E-state index contributed by atoms with van der Waals surface area (Å²) in [4.78, 5) is 18.7. The number of aromatic nitrogens is 1. The Morgan fingerprint density at radius 3 is 2.42 bits per heavy atom. The Morgan fingerprint density at radius 2 is 1.88 bits per heavy atom. The van der Waals surface area contributed by atoms with E-state index in [-0.39, 0.29) is 18.6 Å². The maximum Gasteiger partial charge on any atom is 0.318 e. The molecule has 1 aromatic carbocycles. The first-order valence-electron chi connectivity index (χ1n) is 8.14. The fraction of sp³-hybridized carbons (Fsp3) is 0.368. The monoisotopic (exact) mass is 327 g/mol. The SMILES string of the molecule is CCN(CC(C)(C)O)C(=O)NC(c1ccccc1)c1ccccn1. The predicted octanol–water partition coefficient (Wildman–Crippen LogP) is 2.97. The number of carbonyl (C=O) groups is 1. The van der Waals surface area contributed by atoms with E-state index in [0.29, 0.717) is 6.54 Å². The second kappa shape index (κ2) is 7.93. The maximum absolute atomic E-state index is 12.7. The van der Waals surface area contributed by atoms with Gasteiger partial charge in [0.1, 0.15) is 0 Å². The molecule has 24 heavy (non-hydrogen) atoms.